The predicted molar refractivity (Wildman–Crippen MR) is 94.5 cm³/mol. The van der Waals surface area contributed by atoms with E-state index in [1.165, 1.54) is 7.11 Å². The number of hydrogen-bond acceptors (Lipinski definition) is 4. The average Bonchev–Trinajstić information content (AvgIpc) is 2.99. The van der Waals surface area contributed by atoms with E-state index in [1.807, 2.05) is 39.0 Å². The van der Waals surface area contributed by atoms with Crippen molar-refractivity contribution < 1.29 is 14.3 Å². The second-order valence-electron chi connectivity index (χ2n) is 5.52. The number of guanidine groups is 1. The fourth-order valence-corrected chi connectivity index (χ4v) is 2.29. The van der Waals surface area contributed by atoms with Gasteiger partial charge in [-0.3, -0.25) is 0 Å². The maximum absolute atomic E-state index is 9.84. The maximum Gasteiger partial charge on any atom is 0.192 e. The Morgan fingerprint density at radius 3 is 2.71 bits per heavy atom. The van der Waals surface area contributed by atoms with Gasteiger partial charge in [0.15, 0.2) is 17.5 Å². The van der Waals surface area contributed by atoms with E-state index in [0.717, 1.165) is 23.6 Å². The van der Waals surface area contributed by atoms with E-state index in [2.05, 4.69) is 15.6 Å². The van der Waals surface area contributed by atoms with Crippen LogP contribution in [0.1, 0.15) is 37.0 Å². The SMILES string of the molecule is CCNC(=NCc1ccc(OC)c(O)c1)NC(C)c1ccc(C)o1. The summed E-state index contributed by atoms with van der Waals surface area (Å²) in [6.45, 7) is 7.15. The summed E-state index contributed by atoms with van der Waals surface area (Å²) in [6, 6.07) is 9.17. The Morgan fingerprint density at radius 2 is 2.12 bits per heavy atom. The van der Waals surface area contributed by atoms with Gasteiger partial charge in [0.05, 0.1) is 19.7 Å². The van der Waals surface area contributed by atoms with Gasteiger partial charge in [-0.1, -0.05) is 6.07 Å². The lowest BCUT2D eigenvalue weighted by atomic mass is 10.2. The van der Waals surface area contributed by atoms with Crippen molar-refractivity contribution in [3.05, 3.63) is 47.4 Å². The Bertz CT molecular complexity index is 695. The van der Waals surface area contributed by atoms with Gasteiger partial charge < -0.3 is 24.9 Å². The van der Waals surface area contributed by atoms with Crippen LogP contribution in [0.2, 0.25) is 0 Å². The van der Waals surface area contributed by atoms with E-state index in [0.29, 0.717) is 18.3 Å². The van der Waals surface area contributed by atoms with Crippen molar-refractivity contribution in [2.75, 3.05) is 13.7 Å². The fraction of sp³-hybridized carbons (Fsp3) is 0.389. The van der Waals surface area contributed by atoms with E-state index < -0.39 is 0 Å². The van der Waals surface area contributed by atoms with Crippen molar-refractivity contribution >= 4 is 5.96 Å². The van der Waals surface area contributed by atoms with Gasteiger partial charge in [0.1, 0.15) is 11.5 Å². The van der Waals surface area contributed by atoms with E-state index in [1.54, 1.807) is 12.1 Å². The summed E-state index contributed by atoms with van der Waals surface area (Å²) in [6.07, 6.45) is 0. The molecule has 0 saturated heterocycles. The third kappa shape index (κ3) is 4.68. The Kier molecular flexibility index (Phi) is 6.12. The molecule has 3 N–H and O–H groups in total. The standard InChI is InChI=1S/C18H25N3O3/c1-5-19-18(21-13(3)16-8-6-12(2)24-16)20-11-14-7-9-17(23-4)15(22)10-14/h6-10,13,22H,5,11H2,1-4H3,(H2,19,20,21). The molecule has 0 fully saturated rings. The lowest BCUT2D eigenvalue weighted by molar-refractivity contribution is 0.373. The minimum atomic E-state index is 0.000713. The van der Waals surface area contributed by atoms with Gasteiger partial charge in [0.25, 0.3) is 0 Å². The normalized spacial score (nSPS) is 12.8. The Hall–Kier alpha value is -2.63. The first kappa shape index (κ1) is 17.7. The summed E-state index contributed by atoms with van der Waals surface area (Å²) in [5.41, 5.74) is 0.895. The highest BCUT2D eigenvalue weighted by Gasteiger charge is 2.11. The number of nitrogens with zero attached hydrogens (tertiary/aromatic N) is 1. The molecule has 1 aromatic heterocycles. The summed E-state index contributed by atoms with van der Waals surface area (Å²) in [4.78, 5) is 4.55. The highest BCUT2D eigenvalue weighted by atomic mass is 16.5. The summed E-state index contributed by atoms with van der Waals surface area (Å²) in [5.74, 6) is 3.00. The number of nitrogens with one attached hydrogen (secondary N) is 2. The summed E-state index contributed by atoms with van der Waals surface area (Å²) in [7, 11) is 1.53. The first-order valence-corrected chi connectivity index (χ1v) is 8.00. The van der Waals surface area contributed by atoms with Crippen molar-refractivity contribution in [2.45, 2.75) is 33.4 Å². The van der Waals surface area contributed by atoms with Gasteiger partial charge >= 0.3 is 0 Å². The summed E-state index contributed by atoms with van der Waals surface area (Å²) >= 11 is 0. The molecule has 24 heavy (non-hydrogen) atoms. The number of rotatable bonds is 6. The zero-order chi connectivity index (χ0) is 17.5. The van der Waals surface area contributed by atoms with Crippen LogP contribution >= 0.6 is 0 Å². The van der Waals surface area contributed by atoms with Crippen LogP contribution in [-0.2, 0) is 6.54 Å². The molecule has 1 heterocycles. The number of ether oxygens (including phenoxy) is 1. The van der Waals surface area contributed by atoms with Crippen molar-refractivity contribution in [2.24, 2.45) is 4.99 Å². The number of methoxy groups -OCH3 is 1. The third-order valence-electron chi connectivity index (χ3n) is 3.55. The molecule has 0 bridgehead atoms. The van der Waals surface area contributed by atoms with Gasteiger partial charge in [-0.2, -0.15) is 0 Å². The second-order valence-corrected chi connectivity index (χ2v) is 5.52. The zero-order valence-corrected chi connectivity index (χ0v) is 14.6. The summed E-state index contributed by atoms with van der Waals surface area (Å²) < 4.78 is 10.7. The lowest BCUT2D eigenvalue weighted by Crippen LogP contribution is -2.38. The molecule has 0 saturated carbocycles. The van der Waals surface area contributed by atoms with Crippen LogP contribution in [0.5, 0.6) is 11.5 Å². The monoisotopic (exact) mass is 331 g/mol. The van der Waals surface area contributed by atoms with Crippen LogP contribution < -0.4 is 15.4 Å². The first-order chi connectivity index (χ1) is 11.5. The first-order valence-electron chi connectivity index (χ1n) is 8.00. The van der Waals surface area contributed by atoms with Crippen molar-refractivity contribution in [3.8, 4) is 11.5 Å². The third-order valence-corrected chi connectivity index (χ3v) is 3.55. The molecule has 1 atom stereocenters. The molecular weight excluding hydrogens is 306 g/mol. The number of furan rings is 1. The van der Waals surface area contributed by atoms with E-state index >= 15 is 0 Å². The van der Waals surface area contributed by atoms with Crippen LogP contribution in [-0.4, -0.2) is 24.7 Å². The summed E-state index contributed by atoms with van der Waals surface area (Å²) in [5, 5.41) is 16.4. The average molecular weight is 331 g/mol. The van der Waals surface area contributed by atoms with Crippen LogP contribution in [0.25, 0.3) is 0 Å². The van der Waals surface area contributed by atoms with Gasteiger partial charge in [0.2, 0.25) is 0 Å². The van der Waals surface area contributed by atoms with Crippen LogP contribution in [0.15, 0.2) is 39.7 Å². The van der Waals surface area contributed by atoms with Crippen LogP contribution in [0, 0.1) is 6.92 Å². The molecule has 6 heteroatoms. The molecule has 0 aliphatic heterocycles. The molecule has 1 aromatic carbocycles. The fourth-order valence-electron chi connectivity index (χ4n) is 2.29. The molecule has 6 nitrogen and oxygen atoms in total. The van der Waals surface area contributed by atoms with Gasteiger partial charge in [-0.15, -0.1) is 0 Å². The number of benzene rings is 1. The molecule has 130 valence electrons. The van der Waals surface area contributed by atoms with E-state index in [-0.39, 0.29) is 11.8 Å². The minimum absolute atomic E-state index is 0.000713. The van der Waals surface area contributed by atoms with Crippen molar-refractivity contribution in [1.29, 1.82) is 0 Å². The number of aliphatic imine (C=N–C) groups is 1. The van der Waals surface area contributed by atoms with Crippen molar-refractivity contribution in [1.82, 2.24) is 10.6 Å². The van der Waals surface area contributed by atoms with Gasteiger partial charge in [-0.05, 0) is 50.6 Å². The largest absolute Gasteiger partial charge is 0.504 e. The molecule has 0 spiro atoms. The number of phenolic OH excluding ortho intramolecular Hbond substituents is 1. The lowest BCUT2D eigenvalue weighted by Gasteiger charge is -2.16. The highest BCUT2D eigenvalue weighted by Crippen LogP contribution is 2.26. The van der Waals surface area contributed by atoms with E-state index in [4.69, 9.17) is 9.15 Å². The van der Waals surface area contributed by atoms with Gasteiger partial charge in [-0.25, -0.2) is 4.99 Å². The molecular formula is C18H25N3O3. The molecule has 2 aromatic rings. The molecule has 0 aliphatic carbocycles. The Labute approximate surface area is 142 Å². The van der Waals surface area contributed by atoms with Gasteiger partial charge in [0, 0.05) is 6.54 Å². The molecule has 0 amide bonds. The quantitative estimate of drug-likeness (QED) is 0.560. The van der Waals surface area contributed by atoms with Crippen LogP contribution in [0.3, 0.4) is 0 Å². The Morgan fingerprint density at radius 1 is 1.33 bits per heavy atom. The number of phenols is 1. The topological polar surface area (TPSA) is 79.0 Å². The Balaban J connectivity index is 2.06. The molecule has 2 rings (SSSR count). The maximum atomic E-state index is 9.84. The highest BCUT2D eigenvalue weighted by molar-refractivity contribution is 5.80. The number of hydrogen-bond donors (Lipinski definition) is 3. The molecule has 1 unspecified atom stereocenters. The second kappa shape index (κ2) is 8.29. The predicted octanol–water partition coefficient (Wildman–Crippen LogP) is 3.12. The minimum Gasteiger partial charge on any atom is -0.504 e. The van der Waals surface area contributed by atoms with Crippen molar-refractivity contribution in [3.63, 3.8) is 0 Å². The number of aryl methyl sites for hydroxylation is 1. The smallest absolute Gasteiger partial charge is 0.192 e. The number of aromatic hydroxyl groups is 1. The zero-order valence-electron chi connectivity index (χ0n) is 14.6. The van der Waals surface area contributed by atoms with E-state index in [9.17, 15) is 5.11 Å². The molecule has 0 radical (unpaired) electrons. The van der Waals surface area contributed by atoms with Crippen LogP contribution in [0.4, 0.5) is 0 Å². The molecule has 0 aliphatic rings.